The van der Waals surface area contributed by atoms with Gasteiger partial charge in [-0.1, -0.05) is 0 Å². The summed E-state index contributed by atoms with van der Waals surface area (Å²) in [5, 5.41) is 14.9. The predicted molar refractivity (Wildman–Crippen MR) is 63.7 cm³/mol. The molecule has 0 bridgehead atoms. The third-order valence-corrected chi connectivity index (χ3v) is 2.58. The highest BCUT2D eigenvalue weighted by Gasteiger charge is 2.27. The molecule has 0 amide bonds. The van der Waals surface area contributed by atoms with E-state index >= 15 is 0 Å². The molecule has 1 aromatic rings. The zero-order valence-electron chi connectivity index (χ0n) is 9.53. The van der Waals surface area contributed by atoms with Gasteiger partial charge >= 0.3 is 0 Å². The number of anilines is 2. The number of hydrogen-bond acceptors (Lipinski definition) is 5. The first kappa shape index (κ1) is 11.1. The Balaban J connectivity index is 2.06. The summed E-state index contributed by atoms with van der Waals surface area (Å²) in [5.74, 6) is 3.17. The maximum atomic E-state index is 8.71. The first-order valence-corrected chi connectivity index (χ1v) is 5.75. The van der Waals surface area contributed by atoms with Crippen molar-refractivity contribution in [2.45, 2.75) is 25.2 Å². The maximum absolute atomic E-state index is 8.71. The van der Waals surface area contributed by atoms with E-state index in [9.17, 15) is 0 Å². The Hall–Kier alpha value is -1.36. The van der Waals surface area contributed by atoms with Crippen molar-refractivity contribution in [2.75, 3.05) is 30.8 Å². The van der Waals surface area contributed by atoms with E-state index in [1.165, 1.54) is 12.8 Å². The summed E-state index contributed by atoms with van der Waals surface area (Å²) in [7, 11) is 1.86. The molecule has 0 atom stereocenters. The van der Waals surface area contributed by atoms with Gasteiger partial charge in [0.25, 0.3) is 0 Å². The monoisotopic (exact) mass is 222 g/mol. The van der Waals surface area contributed by atoms with Crippen LogP contribution in [0.3, 0.4) is 0 Å². The molecule has 1 fully saturated rings. The second-order valence-electron chi connectivity index (χ2n) is 4.02. The minimum Gasteiger partial charge on any atom is -0.396 e. The normalized spacial score (nSPS) is 14.9. The highest BCUT2D eigenvalue weighted by Crippen LogP contribution is 2.38. The molecule has 5 heteroatoms. The molecule has 88 valence electrons. The summed E-state index contributed by atoms with van der Waals surface area (Å²) in [4.78, 5) is 8.90. The highest BCUT2D eigenvalue weighted by atomic mass is 16.3. The van der Waals surface area contributed by atoms with Crippen LogP contribution in [0.15, 0.2) is 6.07 Å². The maximum Gasteiger partial charge on any atom is 0.136 e. The van der Waals surface area contributed by atoms with Crippen LogP contribution in [0.4, 0.5) is 11.6 Å². The third kappa shape index (κ3) is 2.82. The second kappa shape index (κ2) is 5.12. The topological polar surface area (TPSA) is 70.1 Å². The summed E-state index contributed by atoms with van der Waals surface area (Å²) < 4.78 is 0. The van der Waals surface area contributed by atoms with Crippen molar-refractivity contribution >= 4 is 11.6 Å². The molecule has 1 saturated carbocycles. The Morgan fingerprint density at radius 1 is 1.38 bits per heavy atom. The van der Waals surface area contributed by atoms with Crippen molar-refractivity contribution in [1.82, 2.24) is 9.97 Å². The van der Waals surface area contributed by atoms with E-state index in [4.69, 9.17) is 5.11 Å². The molecule has 1 aliphatic carbocycles. The van der Waals surface area contributed by atoms with Crippen LogP contribution in [0.2, 0.25) is 0 Å². The fraction of sp³-hybridized carbons (Fsp3) is 0.636. The summed E-state index contributed by atoms with van der Waals surface area (Å²) >= 11 is 0. The zero-order valence-corrected chi connectivity index (χ0v) is 9.53. The molecule has 2 rings (SSSR count). The molecule has 0 radical (unpaired) electrons. The lowest BCUT2D eigenvalue weighted by atomic mass is 10.3. The van der Waals surface area contributed by atoms with Crippen molar-refractivity contribution in [3.8, 4) is 0 Å². The minimum absolute atomic E-state index is 0.201. The van der Waals surface area contributed by atoms with Crippen LogP contribution >= 0.6 is 0 Å². The van der Waals surface area contributed by atoms with Crippen LogP contribution in [0.5, 0.6) is 0 Å². The van der Waals surface area contributed by atoms with Gasteiger partial charge < -0.3 is 15.7 Å². The van der Waals surface area contributed by atoms with E-state index in [0.717, 1.165) is 30.4 Å². The molecule has 1 heterocycles. The van der Waals surface area contributed by atoms with Crippen LogP contribution in [0.25, 0.3) is 0 Å². The number of nitrogens with zero attached hydrogens (tertiary/aromatic N) is 2. The number of hydrogen-bond donors (Lipinski definition) is 3. The Kier molecular flexibility index (Phi) is 3.56. The first-order chi connectivity index (χ1) is 7.83. The van der Waals surface area contributed by atoms with Crippen LogP contribution < -0.4 is 10.6 Å². The van der Waals surface area contributed by atoms with Gasteiger partial charge in [0, 0.05) is 32.2 Å². The molecule has 0 aliphatic heterocycles. The average Bonchev–Trinajstić information content (AvgIpc) is 3.13. The molecule has 16 heavy (non-hydrogen) atoms. The number of aromatic nitrogens is 2. The molecule has 1 aromatic heterocycles. The van der Waals surface area contributed by atoms with E-state index in [0.29, 0.717) is 5.92 Å². The van der Waals surface area contributed by atoms with E-state index in [1.807, 2.05) is 13.1 Å². The summed E-state index contributed by atoms with van der Waals surface area (Å²) in [6.45, 7) is 0.938. The van der Waals surface area contributed by atoms with Crippen molar-refractivity contribution in [1.29, 1.82) is 0 Å². The van der Waals surface area contributed by atoms with Crippen LogP contribution in [-0.4, -0.2) is 35.3 Å². The van der Waals surface area contributed by atoms with E-state index in [1.54, 1.807) is 0 Å². The quantitative estimate of drug-likeness (QED) is 0.631. The Labute approximate surface area is 95.3 Å². The predicted octanol–water partition coefficient (Wildman–Crippen LogP) is 1.19. The molecule has 5 nitrogen and oxygen atoms in total. The lowest BCUT2D eigenvalue weighted by Crippen LogP contribution is -2.08. The van der Waals surface area contributed by atoms with Crippen molar-refractivity contribution < 1.29 is 5.11 Å². The van der Waals surface area contributed by atoms with Crippen molar-refractivity contribution in [2.24, 2.45) is 0 Å². The lowest BCUT2D eigenvalue weighted by Gasteiger charge is -2.08. The van der Waals surface area contributed by atoms with Gasteiger partial charge in [0.15, 0.2) is 0 Å². The summed E-state index contributed by atoms with van der Waals surface area (Å²) in [5.41, 5.74) is 0. The lowest BCUT2D eigenvalue weighted by molar-refractivity contribution is 0.292. The molecule has 1 aliphatic rings. The number of nitrogens with one attached hydrogen (secondary N) is 2. The first-order valence-electron chi connectivity index (χ1n) is 5.75. The zero-order chi connectivity index (χ0) is 11.4. The van der Waals surface area contributed by atoms with E-state index < -0.39 is 0 Å². The fourth-order valence-electron chi connectivity index (χ4n) is 1.50. The van der Waals surface area contributed by atoms with Gasteiger partial charge in [-0.3, -0.25) is 0 Å². The van der Waals surface area contributed by atoms with Gasteiger partial charge in [0.1, 0.15) is 17.5 Å². The number of rotatable bonds is 6. The molecular weight excluding hydrogens is 204 g/mol. The summed E-state index contributed by atoms with van der Waals surface area (Å²) in [6.07, 6.45) is 3.13. The van der Waals surface area contributed by atoms with E-state index in [-0.39, 0.29) is 6.61 Å². The molecule has 0 spiro atoms. The van der Waals surface area contributed by atoms with Crippen LogP contribution in [-0.2, 0) is 0 Å². The third-order valence-electron chi connectivity index (χ3n) is 2.58. The molecule has 0 unspecified atom stereocenters. The number of aliphatic hydroxyl groups is 1. The van der Waals surface area contributed by atoms with Gasteiger partial charge in [0.2, 0.25) is 0 Å². The molecule has 0 saturated heterocycles. The molecule has 0 aromatic carbocycles. The standard InChI is InChI=1S/C11H18N4O/c1-12-9-7-10(13-5-2-6-16)15-11(14-9)8-3-4-8/h7-8,16H,2-6H2,1H3,(H2,12,13,14,15). The number of aliphatic hydroxyl groups excluding tert-OH is 1. The minimum atomic E-state index is 0.201. The van der Waals surface area contributed by atoms with Crippen molar-refractivity contribution in [3.63, 3.8) is 0 Å². The Bertz CT molecular complexity index is 352. The average molecular weight is 222 g/mol. The molecule has 3 N–H and O–H groups in total. The van der Waals surface area contributed by atoms with Gasteiger partial charge in [-0.25, -0.2) is 9.97 Å². The van der Waals surface area contributed by atoms with Gasteiger partial charge in [0.05, 0.1) is 0 Å². The molecular formula is C11H18N4O. The SMILES string of the molecule is CNc1cc(NCCCO)nc(C2CC2)n1. The largest absolute Gasteiger partial charge is 0.396 e. The van der Waals surface area contributed by atoms with Crippen LogP contribution in [0.1, 0.15) is 31.0 Å². The smallest absolute Gasteiger partial charge is 0.136 e. The van der Waals surface area contributed by atoms with Gasteiger partial charge in [-0.05, 0) is 19.3 Å². The van der Waals surface area contributed by atoms with E-state index in [2.05, 4.69) is 20.6 Å². The van der Waals surface area contributed by atoms with Crippen molar-refractivity contribution in [3.05, 3.63) is 11.9 Å². The van der Waals surface area contributed by atoms with Crippen LogP contribution in [0, 0.1) is 0 Å². The Morgan fingerprint density at radius 3 is 2.75 bits per heavy atom. The van der Waals surface area contributed by atoms with Gasteiger partial charge in [-0.2, -0.15) is 0 Å². The second-order valence-corrected chi connectivity index (χ2v) is 4.02. The Morgan fingerprint density at radius 2 is 2.12 bits per heavy atom. The summed E-state index contributed by atoms with van der Waals surface area (Å²) in [6, 6.07) is 1.89. The van der Waals surface area contributed by atoms with Gasteiger partial charge in [-0.15, -0.1) is 0 Å². The fourth-order valence-corrected chi connectivity index (χ4v) is 1.50. The highest BCUT2D eigenvalue weighted by molar-refractivity contribution is 5.47.